The van der Waals surface area contributed by atoms with Crippen LogP contribution in [-0.2, 0) is 4.84 Å². The van der Waals surface area contributed by atoms with Crippen molar-refractivity contribution in [1.82, 2.24) is 0 Å². The molecule has 2 heteroatoms. The first kappa shape index (κ1) is 8.66. The summed E-state index contributed by atoms with van der Waals surface area (Å²) in [6, 6.07) is 0. The van der Waals surface area contributed by atoms with Crippen LogP contribution in [0.15, 0.2) is 12.7 Å². The second-order valence-electron chi connectivity index (χ2n) is 2.44. The molecule has 0 rings (SSSR count). The molecule has 0 aromatic rings. The molecular formula is C7H15NO. The lowest BCUT2D eigenvalue weighted by Crippen LogP contribution is -2.22. The number of hydrogen-bond donors (Lipinski definition) is 1. The molecule has 0 aromatic carbocycles. The summed E-state index contributed by atoms with van der Waals surface area (Å²) in [6.07, 6.45) is 2.77. The molecule has 0 aliphatic heterocycles. The zero-order valence-electron chi connectivity index (χ0n) is 6.13. The summed E-state index contributed by atoms with van der Waals surface area (Å²) < 4.78 is 0. The van der Waals surface area contributed by atoms with Gasteiger partial charge >= 0.3 is 0 Å². The highest BCUT2D eigenvalue weighted by Gasteiger charge is 2.09. The SMILES string of the molecule is C=CCC(ON)C(C)C. The summed E-state index contributed by atoms with van der Waals surface area (Å²) in [5, 5.41) is 0. The minimum absolute atomic E-state index is 0.127. The molecule has 2 N–H and O–H groups in total. The summed E-state index contributed by atoms with van der Waals surface area (Å²) >= 11 is 0. The fourth-order valence-corrected chi connectivity index (χ4v) is 0.649. The van der Waals surface area contributed by atoms with Gasteiger partial charge in [0, 0.05) is 0 Å². The highest BCUT2D eigenvalue weighted by Crippen LogP contribution is 2.07. The van der Waals surface area contributed by atoms with E-state index in [4.69, 9.17) is 5.90 Å². The van der Waals surface area contributed by atoms with E-state index in [2.05, 4.69) is 25.3 Å². The van der Waals surface area contributed by atoms with Crippen LogP contribution in [0, 0.1) is 5.92 Å². The molecule has 0 saturated carbocycles. The van der Waals surface area contributed by atoms with Gasteiger partial charge in [-0.2, -0.15) is 0 Å². The Labute approximate surface area is 56.6 Å². The van der Waals surface area contributed by atoms with Gasteiger partial charge in [-0.25, -0.2) is 5.90 Å². The highest BCUT2D eigenvalue weighted by molar-refractivity contribution is 4.74. The first-order chi connectivity index (χ1) is 4.22. The smallest absolute Gasteiger partial charge is 0.0844 e. The maximum Gasteiger partial charge on any atom is 0.0844 e. The quantitative estimate of drug-likeness (QED) is 0.461. The third-order valence-corrected chi connectivity index (χ3v) is 1.32. The van der Waals surface area contributed by atoms with E-state index in [0.717, 1.165) is 6.42 Å². The molecule has 1 unspecified atom stereocenters. The second kappa shape index (κ2) is 4.53. The second-order valence-corrected chi connectivity index (χ2v) is 2.44. The summed E-state index contributed by atoms with van der Waals surface area (Å²) in [5.74, 6) is 5.48. The maximum absolute atomic E-state index is 5.01. The molecule has 0 spiro atoms. The van der Waals surface area contributed by atoms with Crippen molar-refractivity contribution in [3.63, 3.8) is 0 Å². The van der Waals surface area contributed by atoms with Gasteiger partial charge in [0.1, 0.15) is 0 Å². The Bertz CT molecular complexity index is 81.0. The molecule has 0 heterocycles. The van der Waals surface area contributed by atoms with E-state index in [1.807, 2.05) is 6.08 Å². The fourth-order valence-electron chi connectivity index (χ4n) is 0.649. The van der Waals surface area contributed by atoms with Gasteiger partial charge in [0.25, 0.3) is 0 Å². The molecule has 1 atom stereocenters. The Hall–Kier alpha value is -0.340. The van der Waals surface area contributed by atoms with Crippen LogP contribution in [0.25, 0.3) is 0 Å². The maximum atomic E-state index is 5.01. The Balaban J connectivity index is 3.53. The van der Waals surface area contributed by atoms with E-state index in [1.54, 1.807) is 0 Å². The van der Waals surface area contributed by atoms with Crippen LogP contribution in [0.5, 0.6) is 0 Å². The van der Waals surface area contributed by atoms with Gasteiger partial charge in [-0.15, -0.1) is 6.58 Å². The van der Waals surface area contributed by atoms with E-state index >= 15 is 0 Å². The lowest BCUT2D eigenvalue weighted by atomic mass is 10.0. The third kappa shape index (κ3) is 3.27. The molecule has 54 valence electrons. The van der Waals surface area contributed by atoms with Crippen molar-refractivity contribution in [2.24, 2.45) is 11.8 Å². The molecule has 0 fully saturated rings. The molecule has 2 nitrogen and oxygen atoms in total. The van der Waals surface area contributed by atoms with Gasteiger partial charge in [-0.3, -0.25) is 0 Å². The van der Waals surface area contributed by atoms with Crippen LogP contribution in [0.4, 0.5) is 0 Å². The Kier molecular flexibility index (Phi) is 4.36. The highest BCUT2D eigenvalue weighted by atomic mass is 16.6. The lowest BCUT2D eigenvalue weighted by molar-refractivity contribution is 0.0239. The Morgan fingerprint density at radius 1 is 1.67 bits per heavy atom. The molecule has 0 saturated heterocycles. The first-order valence-electron chi connectivity index (χ1n) is 3.18. The lowest BCUT2D eigenvalue weighted by Gasteiger charge is -2.15. The topological polar surface area (TPSA) is 35.2 Å². The molecule has 0 aromatic heterocycles. The average molecular weight is 129 g/mol. The molecule has 0 radical (unpaired) electrons. The predicted molar refractivity (Wildman–Crippen MR) is 38.7 cm³/mol. The number of nitrogens with two attached hydrogens (primary N) is 1. The standard InChI is InChI=1S/C7H15NO/c1-4-5-7(9-8)6(2)3/h4,6-7H,1,5,8H2,2-3H3. The third-order valence-electron chi connectivity index (χ3n) is 1.32. The van der Waals surface area contributed by atoms with Crippen molar-refractivity contribution in [3.05, 3.63) is 12.7 Å². The van der Waals surface area contributed by atoms with Crippen molar-refractivity contribution in [1.29, 1.82) is 0 Å². The van der Waals surface area contributed by atoms with Crippen molar-refractivity contribution in [2.45, 2.75) is 26.4 Å². The number of hydrogen-bond acceptors (Lipinski definition) is 2. The van der Waals surface area contributed by atoms with Crippen LogP contribution < -0.4 is 5.90 Å². The zero-order valence-corrected chi connectivity index (χ0v) is 6.13. The van der Waals surface area contributed by atoms with E-state index in [1.165, 1.54) is 0 Å². The normalized spacial score (nSPS) is 13.8. The van der Waals surface area contributed by atoms with Crippen molar-refractivity contribution < 1.29 is 4.84 Å². The largest absolute Gasteiger partial charge is 0.301 e. The molecule has 0 bridgehead atoms. The Morgan fingerprint density at radius 3 is 2.33 bits per heavy atom. The summed E-state index contributed by atoms with van der Waals surface area (Å²) in [7, 11) is 0. The van der Waals surface area contributed by atoms with Crippen molar-refractivity contribution >= 4 is 0 Å². The van der Waals surface area contributed by atoms with E-state index in [9.17, 15) is 0 Å². The minimum Gasteiger partial charge on any atom is -0.301 e. The van der Waals surface area contributed by atoms with Crippen LogP contribution in [-0.4, -0.2) is 6.10 Å². The molecule has 0 amide bonds. The number of rotatable bonds is 4. The summed E-state index contributed by atoms with van der Waals surface area (Å²) in [6.45, 7) is 7.74. The van der Waals surface area contributed by atoms with Gasteiger partial charge in [0.05, 0.1) is 6.10 Å². The summed E-state index contributed by atoms with van der Waals surface area (Å²) in [4.78, 5) is 4.68. The predicted octanol–water partition coefficient (Wildman–Crippen LogP) is 1.48. The fraction of sp³-hybridized carbons (Fsp3) is 0.714. The van der Waals surface area contributed by atoms with Crippen LogP contribution in [0.1, 0.15) is 20.3 Å². The van der Waals surface area contributed by atoms with Gasteiger partial charge in [-0.05, 0) is 12.3 Å². The van der Waals surface area contributed by atoms with E-state index < -0.39 is 0 Å². The monoisotopic (exact) mass is 129 g/mol. The van der Waals surface area contributed by atoms with E-state index in [-0.39, 0.29) is 6.10 Å². The zero-order chi connectivity index (χ0) is 7.28. The summed E-state index contributed by atoms with van der Waals surface area (Å²) in [5.41, 5.74) is 0. The van der Waals surface area contributed by atoms with Crippen molar-refractivity contribution in [2.75, 3.05) is 0 Å². The van der Waals surface area contributed by atoms with Crippen LogP contribution in [0.3, 0.4) is 0 Å². The van der Waals surface area contributed by atoms with Crippen LogP contribution >= 0.6 is 0 Å². The molecule has 0 aliphatic carbocycles. The van der Waals surface area contributed by atoms with Gasteiger partial charge in [-0.1, -0.05) is 19.9 Å². The van der Waals surface area contributed by atoms with E-state index in [0.29, 0.717) is 5.92 Å². The molecule has 9 heavy (non-hydrogen) atoms. The first-order valence-corrected chi connectivity index (χ1v) is 3.18. The van der Waals surface area contributed by atoms with Gasteiger partial charge < -0.3 is 4.84 Å². The minimum atomic E-state index is 0.127. The molecule has 0 aliphatic rings. The van der Waals surface area contributed by atoms with Gasteiger partial charge in [0.2, 0.25) is 0 Å². The average Bonchev–Trinajstić information content (AvgIpc) is 1.82. The van der Waals surface area contributed by atoms with Crippen LogP contribution in [0.2, 0.25) is 0 Å². The Morgan fingerprint density at radius 2 is 2.22 bits per heavy atom. The van der Waals surface area contributed by atoms with Gasteiger partial charge in [0.15, 0.2) is 0 Å². The molecular weight excluding hydrogens is 114 g/mol. The van der Waals surface area contributed by atoms with Crippen molar-refractivity contribution in [3.8, 4) is 0 Å².